The molecule has 1 fully saturated rings. The van der Waals surface area contributed by atoms with Crippen LogP contribution in [0, 0.1) is 0 Å². The quantitative estimate of drug-likeness (QED) is 0.721. The molecule has 0 amide bonds. The van der Waals surface area contributed by atoms with Gasteiger partial charge in [-0.2, -0.15) is 0 Å². The number of imidazole rings is 1. The van der Waals surface area contributed by atoms with Gasteiger partial charge >= 0.3 is 0 Å². The highest BCUT2D eigenvalue weighted by atomic mass is 15.2. The molecule has 0 aliphatic carbocycles. The summed E-state index contributed by atoms with van der Waals surface area (Å²) in [5, 5.41) is 0. The van der Waals surface area contributed by atoms with E-state index in [1.54, 1.807) is 0 Å². The molecule has 0 spiro atoms. The van der Waals surface area contributed by atoms with Gasteiger partial charge in [0, 0.05) is 12.4 Å². The minimum Gasteiger partial charge on any atom is -0.347 e. The summed E-state index contributed by atoms with van der Waals surface area (Å²) in [6.45, 7) is 4.56. The number of hydrogen-bond donors (Lipinski definition) is 1. The van der Waals surface area contributed by atoms with Crippen molar-refractivity contribution in [3.8, 4) is 0 Å². The van der Waals surface area contributed by atoms with E-state index in [0.29, 0.717) is 6.04 Å². The molecule has 2 heterocycles. The largest absolute Gasteiger partial charge is 0.347 e. The zero-order chi connectivity index (χ0) is 8.39. The summed E-state index contributed by atoms with van der Waals surface area (Å²) in [5.74, 6) is 1.13. The van der Waals surface area contributed by atoms with Gasteiger partial charge in [0.25, 0.3) is 0 Å². The van der Waals surface area contributed by atoms with E-state index in [0.717, 1.165) is 12.4 Å². The number of rotatable bonds is 2. The molecule has 1 atom stereocenters. The number of nitrogens with one attached hydrogen (secondary N) is 1. The number of hydrogen-bond acceptors (Lipinski definition) is 2. The van der Waals surface area contributed by atoms with E-state index >= 15 is 0 Å². The first kappa shape index (κ1) is 7.80. The van der Waals surface area contributed by atoms with E-state index in [-0.39, 0.29) is 0 Å². The Bertz CT molecular complexity index is 230. The lowest BCUT2D eigenvalue weighted by Gasteiger charge is -2.20. The monoisotopic (exact) mass is 165 g/mol. The minimum atomic E-state index is 0.546. The zero-order valence-corrected chi connectivity index (χ0v) is 7.45. The fourth-order valence-corrected chi connectivity index (χ4v) is 1.97. The van der Waals surface area contributed by atoms with E-state index in [9.17, 15) is 0 Å². The molecule has 2 rings (SSSR count). The van der Waals surface area contributed by atoms with Crippen LogP contribution in [0.15, 0.2) is 12.4 Å². The average molecular weight is 165 g/mol. The predicted molar refractivity (Wildman–Crippen MR) is 47.8 cm³/mol. The van der Waals surface area contributed by atoms with Gasteiger partial charge in [0.1, 0.15) is 5.82 Å². The first-order valence-corrected chi connectivity index (χ1v) is 4.65. The molecular weight excluding hydrogens is 150 g/mol. The van der Waals surface area contributed by atoms with Crippen molar-refractivity contribution < 1.29 is 0 Å². The van der Waals surface area contributed by atoms with Crippen molar-refractivity contribution in [3.05, 3.63) is 18.2 Å². The first-order valence-electron chi connectivity index (χ1n) is 4.65. The number of nitrogens with zero attached hydrogens (tertiary/aromatic N) is 2. The van der Waals surface area contributed by atoms with Crippen LogP contribution in [0.4, 0.5) is 0 Å². The molecule has 3 nitrogen and oxygen atoms in total. The molecule has 1 aliphatic heterocycles. The fourth-order valence-electron chi connectivity index (χ4n) is 1.97. The van der Waals surface area contributed by atoms with Gasteiger partial charge < -0.3 is 4.98 Å². The molecule has 0 saturated carbocycles. The second kappa shape index (κ2) is 3.27. The normalized spacial score (nSPS) is 24.9. The van der Waals surface area contributed by atoms with E-state index < -0.39 is 0 Å². The van der Waals surface area contributed by atoms with E-state index in [1.807, 2.05) is 12.4 Å². The minimum absolute atomic E-state index is 0.546. The number of H-pyrrole nitrogens is 1. The van der Waals surface area contributed by atoms with Crippen LogP contribution >= 0.6 is 0 Å². The lowest BCUT2D eigenvalue weighted by Crippen LogP contribution is -2.23. The molecule has 0 aromatic carbocycles. The third-order valence-corrected chi connectivity index (χ3v) is 2.60. The molecule has 0 bridgehead atoms. The highest BCUT2D eigenvalue weighted by molar-refractivity contribution is 4.98. The molecular formula is C9H15N3. The van der Waals surface area contributed by atoms with Gasteiger partial charge in [0.15, 0.2) is 0 Å². The average Bonchev–Trinajstić information content (AvgIpc) is 2.74. The molecule has 3 heteroatoms. The standard InChI is InChI=1S/C9H15N3/c1-2-12-7-3-4-8(12)9-10-5-6-11-9/h5-6,8H,2-4,7H2,1H3,(H,10,11). The van der Waals surface area contributed by atoms with E-state index in [1.165, 1.54) is 19.4 Å². The molecule has 1 aromatic heterocycles. The highest BCUT2D eigenvalue weighted by Gasteiger charge is 2.25. The Morgan fingerprint density at radius 3 is 3.33 bits per heavy atom. The van der Waals surface area contributed by atoms with Crippen molar-refractivity contribution in [2.75, 3.05) is 13.1 Å². The van der Waals surface area contributed by atoms with Crippen molar-refractivity contribution in [1.29, 1.82) is 0 Å². The van der Waals surface area contributed by atoms with Crippen molar-refractivity contribution in [3.63, 3.8) is 0 Å². The first-order chi connectivity index (χ1) is 5.92. The topological polar surface area (TPSA) is 31.9 Å². The molecule has 0 radical (unpaired) electrons. The lowest BCUT2D eigenvalue weighted by atomic mass is 10.2. The molecule has 66 valence electrons. The van der Waals surface area contributed by atoms with Gasteiger partial charge in [0.05, 0.1) is 6.04 Å². The molecule has 1 aromatic rings. The number of aromatic nitrogens is 2. The van der Waals surface area contributed by atoms with Gasteiger partial charge in [-0.1, -0.05) is 6.92 Å². The molecule has 1 unspecified atom stereocenters. The second-order valence-electron chi connectivity index (χ2n) is 3.26. The fraction of sp³-hybridized carbons (Fsp3) is 0.667. The smallest absolute Gasteiger partial charge is 0.123 e. The maximum Gasteiger partial charge on any atom is 0.123 e. The van der Waals surface area contributed by atoms with Gasteiger partial charge in [-0.05, 0) is 25.9 Å². The predicted octanol–water partition coefficient (Wildman–Crippen LogP) is 1.57. The third kappa shape index (κ3) is 1.25. The lowest BCUT2D eigenvalue weighted by molar-refractivity contribution is 0.263. The molecule has 1 N–H and O–H groups in total. The zero-order valence-electron chi connectivity index (χ0n) is 7.45. The van der Waals surface area contributed by atoms with Crippen molar-refractivity contribution >= 4 is 0 Å². The van der Waals surface area contributed by atoms with Crippen LogP contribution in [-0.2, 0) is 0 Å². The van der Waals surface area contributed by atoms with E-state index in [2.05, 4.69) is 21.8 Å². The van der Waals surface area contributed by atoms with E-state index in [4.69, 9.17) is 0 Å². The van der Waals surface area contributed by atoms with Crippen LogP contribution in [0.25, 0.3) is 0 Å². The van der Waals surface area contributed by atoms with Crippen molar-refractivity contribution in [2.24, 2.45) is 0 Å². The summed E-state index contributed by atoms with van der Waals surface area (Å²) >= 11 is 0. The Balaban J connectivity index is 2.13. The van der Waals surface area contributed by atoms with Gasteiger partial charge in [0.2, 0.25) is 0 Å². The Hall–Kier alpha value is -0.830. The van der Waals surface area contributed by atoms with Gasteiger partial charge in [-0.3, -0.25) is 4.90 Å². The Morgan fingerprint density at radius 2 is 2.67 bits per heavy atom. The molecule has 1 saturated heterocycles. The molecule has 12 heavy (non-hydrogen) atoms. The van der Waals surface area contributed by atoms with Crippen molar-refractivity contribution in [2.45, 2.75) is 25.8 Å². The van der Waals surface area contributed by atoms with Gasteiger partial charge in [-0.15, -0.1) is 0 Å². The Kier molecular flexibility index (Phi) is 2.13. The summed E-state index contributed by atoms with van der Waals surface area (Å²) < 4.78 is 0. The summed E-state index contributed by atoms with van der Waals surface area (Å²) in [4.78, 5) is 9.96. The number of likely N-dealkylation sites (tertiary alicyclic amines) is 1. The SMILES string of the molecule is CCN1CCCC1c1ncc[nH]1. The Morgan fingerprint density at radius 1 is 1.75 bits per heavy atom. The van der Waals surface area contributed by atoms with Crippen LogP contribution < -0.4 is 0 Å². The molecule has 1 aliphatic rings. The maximum absolute atomic E-state index is 4.30. The van der Waals surface area contributed by atoms with Gasteiger partial charge in [-0.25, -0.2) is 4.98 Å². The Labute approximate surface area is 72.8 Å². The van der Waals surface area contributed by atoms with Crippen molar-refractivity contribution in [1.82, 2.24) is 14.9 Å². The van der Waals surface area contributed by atoms with Crippen LogP contribution in [-0.4, -0.2) is 28.0 Å². The van der Waals surface area contributed by atoms with Crippen LogP contribution in [0.1, 0.15) is 31.6 Å². The maximum atomic E-state index is 4.30. The summed E-state index contributed by atoms with van der Waals surface area (Å²) in [7, 11) is 0. The third-order valence-electron chi connectivity index (χ3n) is 2.60. The summed E-state index contributed by atoms with van der Waals surface area (Å²) in [6.07, 6.45) is 6.30. The number of aromatic amines is 1. The highest BCUT2D eigenvalue weighted by Crippen LogP contribution is 2.28. The summed E-state index contributed by atoms with van der Waals surface area (Å²) in [6, 6.07) is 0.546. The van der Waals surface area contributed by atoms with Crippen LogP contribution in [0.5, 0.6) is 0 Å². The van der Waals surface area contributed by atoms with Crippen LogP contribution in [0.3, 0.4) is 0 Å². The summed E-state index contributed by atoms with van der Waals surface area (Å²) in [5.41, 5.74) is 0. The second-order valence-corrected chi connectivity index (χ2v) is 3.26. The van der Waals surface area contributed by atoms with Crippen LogP contribution in [0.2, 0.25) is 0 Å².